The maximum atomic E-state index is 11.6. The molecule has 3 atom stereocenters. The van der Waals surface area contributed by atoms with E-state index in [1.807, 2.05) is 0 Å². The van der Waals surface area contributed by atoms with Crippen LogP contribution >= 0.6 is 0 Å². The van der Waals surface area contributed by atoms with Crippen molar-refractivity contribution in [1.29, 1.82) is 0 Å². The molecule has 0 heterocycles. The minimum atomic E-state index is -1.58. The number of allylic oxidation sites excluding steroid dienone is 1. The van der Waals surface area contributed by atoms with E-state index < -0.39 is 23.4 Å². The standard InChI is InChI=1S/C11H14O4/c1-2-3-6-8-7(12)4-5-11(8,15)10(14)9(6)13/h2,7-8,12-13,15H,1,3-5H2/t7-,8-,11-/m0/s1. The minimum Gasteiger partial charge on any atom is -0.504 e. The molecule has 0 bridgehead atoms. The van der Waals surface area contributed by atoms with E-state index in [4.69, 9.17) is 0 Å². The van der Waals surface area contributed by atoms with Gasteiger partial charge in [-0.2, -0.15) is 0 Å². The molecule has 0 aromatic heterocycles. The molecule has 1 saturated carbocycles. The monoisotopic (exact) mass is 210 g/mol. The molecule has 1 fully saturated rings. The summed E-state index contributed by atoms with van der Waals surface area (Å²) in [7, 11) is 0. The Morgan fingerprint density at radius 2 is 2.27 bits per heavy atom. The van der Waals surface area contributed by atoms with Gasteiger partial charge in [0.15, 0.2) is 5.76 Å². The van der Waals surface area contributed by atoms with Gasteiger partial charge in [-0.15, -0.1) is 6.58 Å². The van der Waals surface area contributed by atoms with Gasteiger partial charge in [0, 0.05) is 5.92 Å². The second-order valence-corrected chi connectivity index (χ2v) is 4.20. The molecule has 3 N–H and O–H groups in total. The van der Waals surface area contributed by atoms with E-state index in [9.17, 15) is 20.1 Å². The molecule has 0 aromatic carbocycles. The lowest BCUT2D eigenvalue weighted by Crippen LogP contribution is -2.40. The van der Waals surface area contributed by atoms with Crippen LogP contribution in [-0.4, -0.2) is 32.8 Å². The van der Waals surface area contributed by atoms with Gasteiger partial charge in [0.1, 0.15) is 5.60 Å². The number of aliphatic hydroxyl groups is 3. The lowest BCUT2D eigenvalue weighted by atomic mass is 9.87. The fourth-order valence-corrected chi connectivity index (χ4v) is 2.66. The summed E-state index contributed by atoms with van der Waals surface area (Å²) in [6.45, 7) is 3.53. The zero-order valence-electron chi connectivity index (χ0n) is 8.31. The Hall–Kier alpha value is -1.13. The van der Waals surface area contributed by atoms with Gasteiger partial charge in [0.05, 0.1) is 6.10 Å². The van der Waals surface area contributed by atoms with Crippen molar-refractivity contribution in [1.82, 2.24) is 0 Å². The molecule has 2 aliphatic carbocycles. The van der Waals surface area contributed by atoms with Crippen molar-refractivity contribution in [2.24, 2.45) is 5.92 Å². The van der Waals surface area contributed by atoms with Crippen LogP contribution in [0.15, 0.2) is 24.0 Å². The Morgan fingerprint density at radius 3 is 2.87 bits per heavy atom. The molecule has 15 heavy (non-hydrogen) atoms. The number of hydrogen-bond donors (Lipinski definition) is 3. The summed E-state index contributed by atoms with van der Waals surface area (Å²) in [5, 5.41) is 29.4. The van der Waals surface area contributed by atoms with Crippen LogP contribution in [0.2, 0.25) is 0 Å². The zero-order valence-corrected chi connectivity index (χ0v) is 8.31. The number of rotatable bonds is 2. The van der Waals surface area contributed by atoms with Crippen molar-refractivity contribution in [3.8, 4) is 0 Å². The maximum Gasteiger partial charge on any atom is 0.229 e. The van der Waals surface area contributed by atoms with Crippen molar-refractivity contribution >= 4 is 5.78 Å². The average Bonchev–Trinajstić information content (AvgIpc) is 2.59. The van der Waals surface area contributed by atoms with Gasteiger partial charge in [-0.1, -0.05) is 6.08 Å². The third-order valence-electron chi connectivity index (χ3n) is 3.37. The smallest absolute Gasteiger partial charge is 0.229 e. The Labute approximate surface area is 87.5 Å². The topological polar surface area (TPSA) is 77.8 Å². The van der Waals surface area contributed by atoms with E-state index in [0.29, 0.717) is 18.4 Å². The molecule has 2 rings (SSSR count). The third-order valence-corrected chi connectivity index (χ3v) is 3.37. The van der Waals surface area contributed by atoms with Crippen molar-refractivity contribution in [2.45, 2.75) is 31.0 Å². The number of carbonyl (C=O) groups is 1. The van der Waals surface area contributed by atoms with Crippen LogP contribution in [-0.2, 0) is 4.79 Å². The molecular weight excluding hydrogens is 196 g/mol. The number of hydrogen-bond acceptors (Lipinski definition) is 4. The first-order valence-corrected chi connectivity index (χ1v) is 5.00. The van der Waals surface area contributed by atoms with Crippen molar-refractivity contribution in [3.63, 3.8) is 0 Å². The highest BCUT2D eigenvalue weighted by atomic mass is 16.3. The number of Topliss-reactive ketones (excluding diaryl/α,β-unsaturated/α-hetero) is 1. The summed E-state index contributed by atoms with van der Waals surface area (Å²) in [5.41, 5.74) is -1.16. The van der Waals surface area contributed by atoms with Crippen LogP contribution in [0.3, 0.4) is 0 Å². The lowest BCUT2D eigenvalue weighted by Gasteiger charge is -2.23. The first-order valence-electron chi connectivity index (χ1n) is 5.00. The molecule has 0 spiro atoms. The minimum absolute atomic E-state index is 0.211. The predicted molar refractivity (Wildman–Crippen MR) is 53.2 cm³/mol. The largest absolute Gasteiger partial charge is 0.504 e. The molecular formula is C11H14O4. The summed E-state index contributed by atoms with van der Waals surface area (Å²) in [4.78, 5) is 11.6. The molecule has 4 heteroatoms. The molecule has 82 valence electrons. The molecule has 0 aliphatic heterocycles. The summed E-state index contributed by atoms with van der Waals surface area (Å²) in [6.07, 6.45) is 1.72. The van der Waals surface area contributed by atoms with Crippen LogP contribution in [0.1, 0.15) is 19.3 Å². The van der Waals surface area contributed by atoms with Crippen LogP contribution in [0.4, 0.5) is 0 Å². The summed E-state index contributed by atoms with van der Waals surface area (Å²) in [6, 6.07) is 0. The van der Waals surface area contributed by atoms with Gasteiger partial charge in [0.2, 0.25) is 5.78 Å². The Morgan fingerprint density at radius 1 is 1.60 bits per heavy atom. The fraction of sp³-hybridized carbons (Fsp3) is 0.545. The molecule has 2 aliphatic rings. The van der Waals surface area contributed by atoms with Gasteiger partial charge in [-0.25, -0.2) is 0 Å². The molecule has 0 radical (unpaired) electrons. The second-order valence-electron chi connectivity index (χ2n) is 4.20. The summed E-state index contributed by atoms with van der Waals surface area (Å²) in [5.74, 6) is -1.69. The van der Waals surface area contributed by atoms with Crippen LogP contribution in [0.5, 0.6) is 0 Å². The van der Waals surface area contributed by atoms with E-state index in [0.717, 1.165) is 0 Å². The van der Waals surface area contributed by atoms with Gasteiger partial charge in [-0.05, 0) is 24.8 Å². The van der Waals surface area contributed by atoms with Crippen LogP contribution in [0, 0.1) is 5.92 Å². The Kier molecular flexibility index (Phi) is 2.20. The van der Waals surface area contributed by atoms with Gasteiger partial charge in [-0.3, -0.25) is 4.79 Å². The number of ketones is 1. The highest BCUT2D eigenvalue weighted by Gasteiger charge is 2.59. The normalized spacial score (nSPS) is 39.7. The third kappa shape index (κ3) is 1.18. The molecule has 0 saturated heterocycles. The molecule has 0 aromatic rings. The fourth-order valence-electron chi connectivity index (χ4n) is 2.66. The van der Waals surface area contributed by atoms with E-state index in [1.165, 1.54) is 0 Å². The van der Waals surface area contributed by atoms with Gasteiger partial charge in [0.25, 0.3) is 0 Å². The van der Waals surface area contributed by atoms with E-state index in [2.05, 4.69) is 6.58 Å². The highest BCUT2D eigenvalue weighted by molar-refractivity contribution is 6.04. The van der Waals surface area contributed by atoms with Crippen LogP contribution < -0.4 is 0 Å². The predicted octanol–water partition coefficient (Wildman–Crippen LogP) is 0.459. The maximum absolute atomic E-state index is 11.6. The molecule has 4 nitrogen and oxygen atoms in total. The van der Waals surface area contributed by atoms with Gasteiger partial charge >= 0.3 is 0 Å². The summed E-state index contributed by atoms with van der Waals surface area (Å²) >= 11 is 0. The van der Waals surface area contributed by atoms with Gasteiger partial charge < -0.3 is 15.3 Å². The lowest BCUT2D eigenvalue weighted by molar-refractivity contribution is -0.136. The second kappa shape index (κ2) is 3.18. The molecule has 0 amide bonds. The first-order chi connectivity index (χ1) is 7.02. The SMILES string of the molecule is C=CCC1=C(O)C(=O)[C@]2(O)CC[C@H](O)[C@H]12. The van der Waals surface area contributed by atoms with E-state index in [1.54, 1.807) is 6.08 Å². The number of fused-ring (bicyclic) bond motifs is 1. The first kappa shape index (κ1) is 10.4. The van der Waals surface area contributed by atoms with Crippen molar-refractivity contribution in [2.75, 3.05) is 0 Å². The quantitative estimate of drug-likeness (QED) is 0.578. The van der Waals surface area contributed by atoms with E-state index in [-0.39, 0.29) is 12.2 Å². The number of carbonyl (C=O) groups excluding carboxylic acids is 1. The van der Waals surface area contributed by atoms with Crippen LogP contribution in [0.25, 0.3) is 0 Å². The zero-order chi connectivity index (χ0) is 11.2. The Balaban J connectivity index is 2.45. The Bertz CT molecular complexity index is 358. The highest BCUT2D eigenvalue weighted by Crippen LogP contribution is 2.48. The van der Waals surface area contributed by atoms with Crippen molar-refractivity contribution in [3.05, 3.63) is 24.0 Å². The summed E-state index contributed by atoms with van der Waals surface area (Å²) < 4.78 is 0. The number of aliphatic hydroxyl groups excluding tert-OH is 2. The van der Waals surface area contributed by atoms with E-state index >= 15 is 0 Å². The van der Waals surface area contributed by atoms with Crippen molar-refractivity contribution < 1.29 is 20.1 Å². The molecule has 0 unspecified atom stereocenters. The average molecular weight is 210 g/mol.